The lowest BCUT2D eigenvalue weighted by molar-refractivity contribution is 0.670. The third-order valence-corrected chi connectivity index (χ3v) is 4.40. The molecule has 0 aromatic carbocycles. The second-order valence-corrected chi connectivity index (χ2v) is 6.53. The van der Waals surface area contributed by atoms with Crippen molar-refractivity contribution in [2.45, 2.75) is 59.8 Å². The minimum absolute atomic E-state index is 0.902. The lowest BCUT2D eigenvalue weighted by Crippen LogP contribution is -2.38. The zero-order valence-corrected chi connectivity index (χ0v) is 14.8. The molecular weight excluding hydrogens is 280 g/mol. The molecule has 1 aromatic heterocycles. The molecule has 0 aliphatic carbocycles. The summed E-state index contributed by atoms with van der Waals surface area (Å²) in [5.41, 5.74) is 1.17. The highest BCUT2D eigenvalue weighted by Gasteiger charge is 2.04. The van der Waals surface area contributed by atoms with Crippen molar-refractivity contribution in [3.8, 4) is 0 Å². The van der Waals surface area contributed by atoms with Crippen LogP contribution in [-0.4, -0.2) is 30.6 Å². The maximum Gasteiger partial charge on any atom is 0.191 e. The molecule has 0 fully saturated rings. The van der Waals surface area contributed by atoms with Crippen molar-refractivity contribution >= 4 is 17.3 Å². The number of nitrogens with zero attached hydrogens (tertiary/aromatic N) is 2. The van der Waals surface area contributed by atoms with Crippen LogP contribution < -0.4 is 10.6 Å². The summed E-state index contributed by atoms with van der Waals surface area (Å²) in [6, 6.07) is 0. The van der Waals surface area contributed by atoms with E-state index in [1.165, 1.54) is 36.3 Å². The summed E-state index contributed by atoms with van der Waals surface area (Å²) in [6.45, 7) is 11.2. The number of aryl methyl sites for hydroxylation is 2. The summed E-state index contributed by atoms with van der Waals surface area (Å²) in [5, 5.41) is 7.87. The summed E-state index contributed by atoms with van der Waals surface area (Å²) >= 11 is 1.79. The van der Waals surface area contributed by atoms with Crippen LogP contribution in [0.3, 0.4) is 0 Å². The van der Waals surface area contributed by atoms with Gasteiger partial charge in [-0.05, 0) is 27.2 Å². The van der Waals surface area contributed by atoms with Gasteiger partial charge in [0.1, 0.15) is 0 Å². The Kier molecular flexibility index (Phi) is 9.06. The SMILES string of the molecule is CCCCCCN=C(NCC)NCCc1sc(C)nc1C. The van der Waals surface area contributed by atoms with E-state index >= 15 is 0 Å². The molecule has 0 saturated carbocycles. The molecule has 0 bridgehead atoms. The summed E-state index contributed by atoms with van der Waals surface area (Å²) in [7, 11) is 0. The van der Waals surface area contributed by atoms with Gasteiger partial charge in [0, 0.05) is 30.9 Å². The van der Waals surface area contributed by atoms with Gasteiger partial charge >= 0.3 is 0 Å². The van der Waals surface area contributed by atoms with Crippen LogP contribution in [-0.2, 0) is 6.42 Å². The fourth-order valence-corrected chi connectivity index (χ4v) is 3.11. The van der Waals surface area contributed by atoms with E-state index < -0.39 is 0 Å². The highest BCUT2D eigenvalue weighted by Crippen LogP contribution is 2.16. The van der Waals surface area contributed by atoms with Crippen LogP contribution in [0, 0.1) is 13.8 Å². The van der Waals surface area contributed by atoms with E-state index in [0.29, 0.717) is 0 Å². The van der Waals surface area contributed by atoms with Crippen molar-refractivity contribution in [2.24, 2.45) is 4.99 Å². The van der Waals surface area contributed by atoms with Gasteiger partial charge in [-0.15, -0.1) is 11.3 Å². The Labute approximate surface area is 133 Å². The van der Waals surface area contributed by atoms with Crippen molar-refractivity contribution in [3.05, 3.63) is 15.6 Å². The topological polar surface area (TPSA) is 49.3 Å². The molecule has 21 heavy (non-hydrogen) atoms. The van der Waals surface area contributed by atoms with E-state index in [0.717, 1.165) is 37.0 Å². The molecule has 5 heteroatoms. The molecule has 0 aliphatic heterocycles. The van der Waals surface area contributed by atoms with Crippen LogP contribution in [0.1, 0.15) is 55.1 Å². The highest BCUT2D eigenvalue weighted by molar-refractivity contribution is 7.11. The van der Waals surface area contributed by atoms with Gasteiger partial charge < -0.3 is 10.6 Å². The zero-order chi connectivity index (χ0) is 15.5. The van der Waals surface area contributed by atoms with Gasteiger partial charge in [0.25, 0.3) is 0 Å². The third-order valence-electron chi connectivity index (χ3n) is 3.27. The number of aromatic nitrogens is 1. The molecule has 0 radical (unpaired) electrons. The quantitative estimate of drug-likeness (QED) is 0.417. The van der Waals surface area contributed by atoms with E-state index in [2.05, 4.69) is 48.3 Å². The van der Waals surface area contributed by atoms with E-state index in [1.807, 2.05) is 0 Å². The van der Waals surface area contributed by atoms with Crippen LogP contribution in [0.5, 0.6) is 0 Å². The first-order valence-corrected chi connectivity index (χ1v) is 8.94. The van der Waals surface area contributed by atoms with E-state index in [1.54, 1.807) is 11.3 Å². The molecule has 0 saturated heterocycles. The molecule has 0 atom stereocenters. The van der Waals surface area contributed by atoms with Crippen LogP contribution in [0.4, 0.5) is 0 Å². The Balaban J connectivity index is 2.33. The largest absolute Gasteiger partial charge is 0.357 e. The molecular formula is C16H30N4S. The molecule has 0 aliphatic rings. The predicted octanol–water partition coefficient (Wildman–Crippen LogP) is 3.44. The average Bonchev–Trinajstić information content (AvgIpc) is 2.77. The number of nitrogens with one attached hydrogen (secondary N) is 2. The van der Waals surface area contributed by atoms with E-state index in [-0.39, 0.29) is 0 Å². The minimum atomic E-state index is 0.902. The number of guanidine groups is 1. The standard InChI is InChI=1S/C16H30N4S/c1-5-7-8-9-11-18-16(17-6-2)19-12-10-15-13(3)20-14(4)21-15/h5-12H2,1-4H3,(H2,17,18,19). The number of aliphatic imine (C=N–C) groups is 1. The Morgan fingerprint density at radius 3 is 2.57 bits per heavy atom. The van der Waals surface area contributed by atoms with Gasteiger partial charge in [0.15, 0.2) is 5.96 Å². The first kappa shape index (κ1) is 18.0. The van der Waals surface area contributed by atoms with Crippen molar-refractivity contribution in [1.29, 1.82) is 0 Å². The van der Waals surface area contributed by atoms with Crippen LogP contribution >= 0.6 is 11.3 Å². The molecule has 0 spiro atoms. The molecule has 1 heterocycles. The second kappa shape index (κ2) is 10.6. The van der Waals surface area contributed by atoms with Crippen molar-refractivity contribution in [3.63, 3.8) is 0 Å². The van der Waals surface area contributed by atoms with Gasteiger partial charge in [-0.3, -0.25) is 4.99 Å². The lowest BCUT2D eigenvalue weighted by Gasteiger charge is -2.10. The number of thiazole rings is 1. The van der Waals surface area contributed by atoms with E-state index in [4.69, 9.17) is 0 Å². The fraction of sp³-hybridized carbons (Fsp3) is 0.750. The molecule has 2 N–H and O–H groups in total. The Morgan fingerprint density at radius 2 is 1.95 bits per heavy atom. The molecule has 0 unspecified atom stereocenters. The Morgan fingerprint density at radius 1 is 1.14 bits per heavy atom. The third kappa shape index (κ3) is 7.46. The molecule has 1 aromatic rings. The molecule has 4 nitrogen and oxygen atoms in total. The lowest BCUT2D eigenvalue weighted by atomic mass is 10.2. The number of unbranched alkanes of at least 4 members (excludes halogenated alkanes) is 3. The Hall–Kier alpha value is -1.10. The highest BCUT2D eigenvalue weighted by atomic mass is 32.1. The first-order chi connectivity index (χ1) is 10.2. The zero-order valence-electron chi connectivity index (χ0n) is 14.0. The Bertz CT molecular complexity index is 426. The maximum absolute atomic E-state index is 4.63. The summed E-state index contributed by atoms with van der Waals surface area (Å²) in [5.74, 6) is 0.938. The summed E-state index contributed by atoms with van der Waals surface area (Å²) < 4.78 is 0. The molecule has 1 rings (SSSR count). The van der Waals surface area contributed by atoms with Gasteiger partial charge in [0.05, 0.1) is 10.7 Å². The van der Waals surface area contributed by atoms with Crippen LogP contribution in [0.15, 0.2) is 4.99 Å². The maximum atomic E-state index is 4.63. The summed E-state index contributed by atoms with van der Waals surface area (Å²) in [6.07, 6.45) is 6.05. The number of hydrogen-bond donors (Lipinski definition) is 2. The second-order valence-electron chi connectivity index (χ2n) is 5.24. The van der Waals surface area contributed by atoms with Crippen molar-refractivity contribution in [2.75, 3.05) is 19.6 Å². The van der Waals surface area contributed by atoms with Crippen LogP contribution in [0.2, 0.25) is 0 Å². The number of hydrogen-bond acceptors (Lipinski definition) is 3. The van der Waals surface area contributed by atoms with Crippen molar-refractivity contribution in [1.82, 2.24) is 15.6 Å². The van der Waals surface area contributed by atoms with Crippen molar-refractivity contribution < 1.29 is 0 Å². The average molecular weight is 311 g/mol. The normalized spacial score (nSPS) is 11.7. The van der Waals surface area contributed by atoms with E-state index in [9.17, 15) is 0 Å². The first-order valence-electron chi connectivity index (χ1n) is 8.12. The molecule has 0 amide bonds. The summed E-state index contributed by atoms with van der Waals surface area (Å²) in [4.78, 5) is 10.5. The fourth-order valence-electron chi connectivity index (χ4n) is 2.17. The van der Waals surface area contributed by atoms with Gasteiger partial charge in [0.2, 0.25) is 0 Å². The van der Waals surface area contributed by atoms with Gasteiger partial charge in [-0.25, -0.2) is 4.98 Å². The smallest absolute Gasteiger partial charge is 0.191 e. The van der Waals surface area contributed by atoms with Gasteiger partial charge in [-0.2, -0.15) is 0 Å². The predicted molar refractivity (Wildman–Crippen MR) is 93.4 cm³/mol. The monoisotopic (exact) mass is 310 g/mol. The minimum Gasteiger partial charge on any atom is -0.357 e. The van der Waals surface area contributed by atoms with Gasteiger partial charge in [-0.1, -0.05) is 26.2 Å². The van der Waals surface area contributed by atoms with Crippen LogP contribution in [0.25, 0.3) is 0 Å². The molecule has 120 valence electrons. The number of rotatable bonds is 9.